The summed E-state index contributed by atoms with van der Waals surface area (Å²) in [4.78, 5) is 14.7. The molecule has 0 amide bonds. The van der Waals surface area contributed by atoms with Crippen LogP contribution in [0.15, 0.2) is 54.6 Å². The fourth-order valence-corrected chi connectivity index (χ4v) is 1.31. The SMILES string of the molecule is O=[N+]([O-])Oc1ccccc1Oc1ccccc1. The molecule has 0 heterocycles. The van der Waals surface area contributed by atoms with Gasteiger partial charge in [0, 0.05) is 0 Å². The summed E-state index contributed by atoms with van der Waals surface area (Å²) in [5, 5.41) is 9.43. The first-order chi connectivity index (χ1) is 8.25. The van der Waals surface area contributed by atoms with E-state index in [1.54, 1.807) is 30.3 Å². The molecule has 0 spiro atoms. The molecule has 0 saturated heterocycles. The lowest BCUT2D eigenvalue weighted by Crippen LogP contribution is -2.04. The summed E-state index contributed by atoms with van der Waals surface area (Å²) in [6.07, 6.45) is 0. The summed E-state index contributed by atoms with van der Waals surface area (Å²) in [6, 6.07) is 15.4. The van der Waals surface area contributed by atoms with Gasteiger partial charge in [0.2, 0.25) is 0 Å². The van der Waals surface area contributed by atoms with Gasteiger partial charge in [-0.15, -0.1) is 10.1 Å². The van der Waals surface area contributed by atoms with E-state index in [1.165, 1.54) is 6.07 Å². The first kappa shape index (κ1) is 10.9. The predicted molar refractivity (Wildman–Crippen MR) is 60.6 cm³/mol. The smallest absolute Gasteiger partial charge is 0.299 e. The van der Waals surface area contributed by atoms with Crippen molar-refractivity contribution < 1.29 is 14.7 Å². The average molecular weight is 231 g/mol. The van der Waals surface area contributed by atoms with Crippen LogP contribution >= 0.6 is 0 Å². The van der Waals surface area contributed by atoms with Crippen LogP contribution in [-0.2, 0) is 0 Å². The number of hydrogen-bond acceptors (Lipinski definition) is 4. The summed E-state index contributed by atoms with van der Waals surface area (Å²) < 4.78 is 5.48. The fraction of sp³-hybridized carbons (Fsp3) is 0. The maximum absolute atomic E-state index is 10.3. The largest absolute Gasteiger partial charge is 0.455 e. The second-order valence-corrected chi connectivity index (χ2v) is 3.18. The Morgan fingerprint density at radius 3 is 2.12 bits per heavy atom. The summed E-state index contributed by atoms with van der Waals surface area (Å²) in [5.41, 5.74) is 0. The number of rotatable bonds is 4. The third-order valence-electron chi connectivity index (χ3n) is 1.99. The van der Waals surface area contributed by atoms with Crippen LogP contribution in [0, 0.1) is 10.1 Å². The molecule has 0 bridgehead atoms. The molecule has 86 valence electrons. The molecule has 0 atom stereocenters. The molecular formula is C12H9NO4. The van der Waals surface area contributed by atoms with E-state index in [0.717, 1.165) is 0 Å². The highest BCUT2D eigenvalue weighted by molar-refractivity contribution is 5.42. The van der Waals surface area contributed by atoms with Crippen molar-refractivity contribution >= 4 is 0 Å². The predicted octanol–water partition coefficient (Wildman–Crippen LogP) is 3.05. The highest BCUT2D eigenvalue weighted by Gasteiger charge is 2.07. The highest BCUT2D eigenvalue weighted by Crippen LogP contribution is 2.30. The minimum atomic E-state index is -0.868. The molecule has 0 unspecified atom stereocenters. The Morgan fingerprint density at radius 1 is 0.882 bits per heavy atom. The molecule has 0 radical (unpaired) electrons. The molecule has 0 aromatic heterocycles. The van der Waals surface area contributed by atoms with Gasteiger partial charge >= 0.3 is 0 Å². The van der Waals surface area contributed by atoms with Crippen molar-refractivity contribution in [3.05, 3.63) is 64.7 Å². The molecule has 5 heteroatoms. The van der Waals surface area contributed by atoms with Gasteiger partial charge in [-0.3, -0.25) is 4.84 Å². The lowest BCUT2D eigenvalue weighted by molar-refractivity contribution is -0.711. The zero-order chi connectivity index (χ0) is 12.1. The van der Waals surface area contributed by atoms with Gasteiger partial charge in [-0.1, -0.05) is 30.3 Å². The van der Waals surface area contributed by atoms with E-state index in [0.29, 0.717) is 11.5 Å². The lowest BCUT2D eigenvalue weighted by Gasteiger charge is -2.08. The maximum Gasteiger partial charge on any atom is 0.299 e. The molecule has 0 aliphatic carbocycles. The van der Waals surface area contributed by atoms with Crippen LogP contribution in [0.5, 0.6) is 17.2 Å². The Balaban J connectivity index is 2.23. The van der Waals surface area contributed by atoms with E-state index in [9.17, 15) is 10.1 Å². The van der Waals surface area contributed by atoms with Gasteiger partial charge in [0.15, 0.2) is 11.5 Å². The number of benzene rings is 2. The van der Waals surface area contributed by atoms with Crippen molar-refractivity contribution in [2.24, 2.45) is 0 Å². The van der Waals surface area contributed by atoms with E-state index >= 15 is 0 Å². The summed E-state index contributed by atoms with van der Waals surface area (Å²) >= 11 is 0. The van der Waals surface area contributed by atoms with Crippen LogP contribution in [0.2, 0.25) is 0 Å². The third kappa shape index (κ3) is 2.94. The number of para-hydroxylation sites is 3. The first-order valence-corrected chi connectivity index (χ1v) is 4.90. The maximum atomic E-state index is 10.3. The van der Waals surface area contributed by atoms with Crippen LogP contribution < -0.4 is 9.57 Å². The molecule has 2 rings (SSSR count). The van der Waals surface area contributed by atoms with Crippen molar-refractivity contribution in [1.29, 1.82) is 0 Å². The molecular weight excluding hydrogens is 222 g/mol. The zero-order valence-corrected chi connectivity index (χ0v) is 8.78. The molecule has 0 aliphatic heterocycles. The Hall–Kier alpha value is -2.56. The molecule has 0 fully saturated rings. The van der Waals surface area contributed by atoms with Crippen molar-refractivity contribution in [1.82, 2.24) is 0 Å². The Labute approximate surface area is 97.3 Å². The van der Waals surface area contributed by atoms with Gasteiger partial charge in [-0.2, -0.15) is 0 Å². The van der Waals surface area contributed by atoms with Crippen LogP contribution in [-0.4, -0.2) is 5.09 Å². The number of hydrogen-bond donors (Lipinski definition) is 0. The first-order valence-electron chi connectivity index (χ1n) is 4.90. The molecule has 2 aromatic rings. The van der Waals surface area contributed by atoms with Crippen LogP contribution in [0.3, 0.4) is 0 Å². The average Bonchev–Trinajstić information content (AvgIpc) is 2.32. The van der Waals surface area contributed by atoms with Crippen molar-refractivity contribution in [3.63, 3.8) is 0 Å². The highest BCUT2D eigenvalue weighted by atomic mass is 17.0. The van der Waals surface area contributed by atoms with Crippen LogP contribution in [0.25, 0.3) is 0 Å². The van der Waals surface area contributed by atoms with Gasteiger partial charge in [0.25, 0.3) is 5.09 Å². The van der Waals surface area contributed by atoms with Gasteiger partial charge in [0.1, 0.15) is 5.75 Å². The van der Waals surface area contributed by atoms with Crippen molar-refractivity contribution in [2.75, 3.05) is 0 Å². The lowest BCUT2D eigenvalue weighted by atomic mass is 10.3. The minimum absolute atomic E-state index is 0.0707. The van der Waals surface area contributed by atoms with E-state index in [4.69, 9.17) is 4.74 Å². The number of nitrogens with zero attached hydrogens (tertiary/aromatic N) is 1. The van der Waals surface area contributed by atoms with E-state index in [1.807, 2.05) is 18.2 Å². The normalized spacial score (nSPS) is 9.65. The molecule has 0 saturated carbocycles. The van der Waals surface area contributed by atoms with E-state index < -0.39 is 5.09 Å². The summed E-state index contributed by atoms with van der Waals surface area (Å²) in [6.45, 7) is 0. The molecule has 5 nitrogen and oxygen atoms in total. The number of ether oxygens (including phenoxy) is 1. The second-order valence-electron chi connectivity index (χ2n) is 3.18. The standard InChI is InChI=1S/C12H9NO4/c14-13(15)17-12-9-5-4-8-11(12)16-10-6-2-1-3-7-10/h1-9H. The Morgan fingerprint density at radius 2 is 1.47 bits per heavy atom. The second kappa shape index (κ2) is 4.98. The van der Waals surface area contributed by atoms with Gasteiger partial charge < -0.3 is 4.74 Å². The van der Waals surface area contributed by atoms with E-state index in [2.05, 4.69) is 4.84 Å². The fourth-order valence-electron chi connectivity index (χ4n) is 1.31. The van der Waals surface area contributed by atoms with Crippen molar-refractivity contribution in [2.45, 2.75) is 0 Å². The topological polar surface area (TPSA) is 61.6 Å². The van der Waals surface area contributed by atoms with Gasteiger partial charge in [-0.25, -0.2) is 0 Å². The van der Waals surface area contributed by atoms with Gasteiger partial charge in [-0.05, 0) is 24.3 Å². The van der Waals surface area contributed by atoms with Crippen LogP contribution in [0.4, 0.5) is 0 Å². The summed E-state index contributed by atoms with van der Waals surface area (Å²) in [7, 11) is 0. The summed E-state index contributed by atoms with van der Waals surface area (Å²) in [5.74, 6) is 0.962. The molecule has 0 aliphatic rings. The zero-order valence-electron chi connectivity index (χ0n) is 8.78. The Bertz CT molecular complexity index is 513. The minimum Gasteiger partial charge on any atom is -0.455 e. The Kier molecular flexibility index (Phi) is 3.20. The quantitative estimate of drug-likeness (QED) is 0.599. The molecule has 2 aromatic carbocycles. The third-order valence-corrected chi connectivity index (χ3v) is 1.99. The van der Waals surface area contributed by atoms with E-state index in [-0.39, 0.29) is 5.75 Å². The molecule has 17 heavy (non-hydrogen) atoms. The molecule has 0 N–H and O–H groups in total. The van der Waals surface area contributed by atoms with Crippen LogP contribution in [0.1, 0.15) is 0 Å². The van der Waals surface area contributed by atoms with Crippen molar-refractivity contribution in [3.8, 4) is 17.2 Å². The van der Waals surface area contributed by atoms with Gasteiger partial charge in [0.05, 0.1) is 0 Å². The monoisotopic (exact) mass is 231 g/mol.